The summed E-state index contributed by atoms with van der Waals surface area (Å²) in [5.74, 6) is 1.09. The summed E-state index contributed by atoms with van der Waals surface area (Å²) in [7, 11) is 0. The number of carbonyl (C=O) groups is 1. The van der Waals surface area contributed by atoms with Gasteiger partial charge in [-0.2, -0.15) is 0 Å². The molecular weight excluding hydrogens is 448 g/mol. The normalized spacial score (nSPS) is 10.9. The SMILES string of the molecule is O=C(CSc1nnc(-c2cccs2)n1Cc1ccccc1)NCCc1ccc(Cl)cc1. The maximum absolute atomic E-state index is 12.4. The van der Waals surface area contributed by atoms with E-state index in [1.54, 1.807) is 11.3 Å². The standard InChI is InChI=1S/C23H21ClN4OS2/c24-19-10-8-17(9-11-19)12-13-25-21(29)16-31-23-27-26-22(20-7-4-14-30-20)28(23)15-18-5-2-1-3-6-18/h1-11,14H,12-13,15-16H2,(H,25,29). The molecule has 0 aliphatic heterocycles. The van der Waals surface area contributed by atoms with Crippen molar-refractivity contribution in [2.75, 3.05) is 12.3 Å². The number of nitrogens with zero attached hydrogens (tertiary/aromatic N) is 3. The number of thioether (sulfide) groups is 1. The Bertz CT molecular complexity index is 1110. The quantitative estimate of drug-likeness (QED) is 0.345. The largest absolute Gasteiger partial charge is 0.355 e. The minimum atomic E-state index is -0.0223. The number of benzene rings is 2. The summed E-state index contributed by atoms with van der Waals surface area (Å²) in [6.07, 6.45) is 0.764. The number of rotatable bonds is 9. The highest BCUT2D eigenvalue weighted by atomic mass is 35.5. The third-order valence-electron chi connectivity index (χ3n) is 4.62. The lowest BCUT2D eigenvalue weighted by molar-refractivity contribution is -0.118. The Morgan fingerprint density at radius 2 is 1.81 bits per heavy atom. The lowest BCUT2D eigenvalue weighted by atomic mass is 10.1. The van der Waals surface area contributed by atoms with Crippen LogP contribution in [-0.2, 0) is 17.8 Å². The molecule has 0 spiro atoms. The van der Waals surface area contributed by atoms with Crippen LogP contribution in [0.25, 0.3) is 10.7 Å². The van der Waals surface area contributed by atoms with Crippen LogP contribution < -0.4 is 5.32 Å². The summed E-state index contributed by atoms with van der Waals surface area (Å²) in [5.41, 5.74) is 2.30. The third-order valence-corrected chi connectivity index (χ3v) is 6.71. The predicted octanol–water partition coefficient (Wildman–Crippen LogP) is 5.16. The fraction of sp³-hybridized carbons (Fsp3) is 0.174. The summed E-state index contributed by atoms with van der Waals surface area (Å²) in [4.78, 5) is 13.4. The van der Waals surface area contributed by atoms with E-state index in [1.165, 1.54) is 11.8 Å². The van der Waals surface area contributed by atoms with E-state index in [0.717, 1.165) is 33.4 Å². The molecule has 0 bridgehead atoms. The maximum atomic E-state index is 12.4. The van der Waals surface area contributed by atoms with Crippen molar-refractivity contribution < 1.29 is 4.79 Å². The predicted molar refractivity (Wildman–Crippen MR) is 128 cm³/mol. The number of nitrogens with one attached hydrogen (secondary N) is 1. The molecule has 2 aromatic carbocycles. The van der Waals surface area contributed by atoms with E-state index < -0.39 is 0 Å². The molecule has 5 nitrogen and oxygen atoms in total. The lowest BCUT2D eigenvalue weighted by Gasteiger charge is -2.10. The van der Waals surface area contributed by atoms with Gasteiger partial charge in [-0.25, -0.2) is 0 Å². The first-order valence-corrected chi connectivity index (χ1v) is 12.1. The summed E-state index contributed by atoms with van der Waals surface area (Å²) in [5, 5.41) is 15.2. The van der Waals surface area contributed by atoms with Gasteiger partial charge < -0.3 is 5.32 Å². The van der Waals surface area contributed by atoms with E-state index in [0.29, 0.717) is 18.1 Å². The Labute approximate surface area is 194 Å². The maximum Gasteiger partial charge on any atom is 0.230 e. The highest BCUT2D eigenvalue weighted by molar-refractivity contribution is 7.99. The highest BCUT2D eigenvalue weighted by Crippen LogP contribution is 2.28. The summed E-state index contributed by atoms with van der Waals surface area (Å²) in [6, 6.07) is 21.9. The van der Waals surface area contributed by atoms with Gasteiger partial charge in [-0.05, 0) is 41.1 Å². The zero-order valence-electron chi connectivity index (χ0n) is 16.7. The van der Waals surface area contributed by atoms with Gasteiger partial charge in [0, 0.05) is 11.6 Å². The lowest BCUT2D eigenvalue weighted by Crippen LogP contribution is -2.27. The zero-order valence-corrected chi connectivity index (χ0v) is 19.1. The van der Waals surface area contributed by atoms with E-state index in [9.17, 15) is 4.79 Å². The Morgan fingerprint density at radius 3 is 2.55 bits per heavy atom. The minimum Gasteiger partial charge on any atom is -0.355 e. The molecule has 0 saturated heterocycles. The third kappa shape index (κ3) is 5.97. The van der Waals surface area contributed by atoms with Crippen LogP contribution in [0.5, 0.6) is 0 Å². The second-order valence-electron chi connectivity index (χ2n) is 6.87. The number of hydrogen-bond donors (Lipinski definition) is 1. The van der Waals surface area contributed by atoms with E-state index in [4.69, 9.17) is 11.6 Å². The van der Waals surface area contributed by atoms with Gasteiger partial charge in [-0.3, -0.25) is 9.36 Å². The van der Waals surface area contributed by atoms with Crippen LogP contribution in [0.2, 0.25) is 5.02 Å². The molecule has 4 rings (SSSR count). The molecule has 0 radical (unpaired) electrons. The topological polar surface area (TPSA) is 59.8 Å². The molecule has 0 saturated carbocycles. The molecule has 0 aliphatic rings. The van der Waals surface area contributed by atoms with Crippen molar-refractivity contribution in [2.45, 2.75) is 18.1 Å². The molecule has 8 heteroatoms. The van der Waals surface area contributed by atoms with Crippen molar-refractivity contribution >= 4 is 40.6 Å². The van der Waals surface area contributed by atoms with Gasteiger partial charge in [-0.1, -0.05) is 71.9 Å². The Kier molecular flexibility index (Phi) is 7.40. The van der Waals surface area contributed by atoms with Crippen molar-refractivity contribution in [1.29, 1.82) is 0 Å². The average molecular weight is 469 g/mol. The molecule has 2 aromatic heterocycles. The molecule has 0 fully saturated rings. The molecule has 1 N–H and O–H groups in total. The average Bonchev–Trinajstić information content (AvgIpc) is 3.44. The first kappa shape index (κ1) is 21.6. The molecular formula is C23H21ClN4OS2. The molecule has 4 aromatic rings. The fourth-order valence-corrected chi connectivity index (χ4v) is 4.68. The number of amides is 1. The Morgan fingerprint density at radius 1 is 1.00 bits per heavy atom. The van der Waals surface area contributed by atoms with Gasteiger partial charge in [0.1, 0.15) is 0 Å². The molecule has 0 aliphatic carbocycles. The first-order valence-electron chi connectivity index (χ1n) is 9.84. The number of thiophene rings is 1. The zero-order chi connectivity index (χ0) is 21.5. The Balaban J connectivity index is 1.38. The van der Waals surface area contributed by atoms with Crippen molar-refractivity contribution in [3.63, 3.8) is 0 Å². The van der Waals surface area contributed by atoms with Gasteiger partial charge in [0.25, 0.3) is 0 Å². The summed E-state index contributed by atoms with van der Waals surface area (Å²) >= 11 is 8.94. The van der Waals surface area contributed by atoms with Crippen molar-refractivity contribution in [2.24, 2.45) is 0 Å². The van der Waals surface area contributed by atoms with Crippen LogP contribution in [-0.4, -0.2) is 33.0 Å². The van der Waals surface area contributed by atoms with Crippen LogP contribution in [0.3, 0.4) is 0 Å². The smallest absolute Gasteiger partial charge is 0.230 e. The highest BCUT2D eigenvalue weighted by Gasteiger charge is 2.16. The van der Waals surface area contributed by atoms with Crippen molar-refractivity contribution in [3.8, 4) is 10.7 Å². The summed E-state index contributed by atoms with van der Waals surface area (Å²) < 4.78 is 2.08. The van der Waals surface area contributed by atoms with Crippen LogP contribution in [0.1, 0.15) is 11.1 Å². The van der Waals surface area contributed by atoms with Crippen LogP contribution in [0.4, 0.5) is 0 Å². The molecule has 158 valence electrons. The fourth-order valence-electron chi connectivity index (χ4n) is 3.07. The second-order valence-corrected chi connectivity index (χ2v) is 9.20. The van der Waals surface area contributed by atoms with E-state index in [-0.39, 0.29) is 11.7 Å². The molecule has 2 heterocycles. The number of aromatic nitrogens is 3. The van der Waals surface area contributed by atoms with Gasteiger partial charge in [0.2, 0.25) is 5.91 Å². The van der Waals surface area contributed by atoms with Crippen LogP contribution in [0, 0.1) is 0 Å². The monoisotopic (exact) mass is 468 g/mol. The number of halogens is 1. The van der Waals surface area contributed by atoms with Gasteiger partial charge in [0.05, 0.1) is 17.2 Å². The Hall–Kier alpha value is -2.61. The van der Waals surface area contributed by atoms with Gasteiger partial charge in [0.15, 0.2) is 11.0 Å². The first-order chi connectivity index (χ1) is 15.2. The van der Waals surface area contributed by atoms with E-state index in [1.807, 2.05) is 60.0 Å². The second kappa shape index (κ2) is 10.6. The van der Waals surface area contributed by atoms with Crippen molar-refractivity contribution in [3.05, 3.63) is 88.3 Å². The van der Waals surface area contributed by atoms with Crippen LogP contribution in [0.15, 0.2) is 77.3 Å². The minimum absolute atomic E-state index is 0.0223. The van der Waals surface area contributed by atoms with Crippen LogP contribution >= 0.6 is 34.7 Å². The summed E-state index contributed by atoms with van der Waals surface area (Å²) in [6.45, 7) is 1.24. The van der Waals surface area contributed by atoms with Gasteiger partial charge >= 0.3 is 0 Å². The number of hydrogen-bond acceptors (Lipinski definition) is 5. The molecule has 0 atom stereocenters. The molecule has 31 heavy (non-hydrogen) atoms. The molecule has 1 amide bonds. The van der Waals surface area contributed by atoms with Gasteiger partial charge in [-0.15, -0.1) is 21.5 Å². The number of carbonyl (C=O) groups excluding carboxylic acids is 1. The molecule has 0 unspecified atom stereocenters. The van der Waals surface area contributed by atoms with E-state index >= 15 is 0 Å². The van der Waals surface area contributed by atoms with E-state index in [2.05, 4.69) is 32.2 Å². The van der Waals surface area contributed by atoms with Crippen molar-refractivity contribution in [1.82, 2.24) is 20.1 Å².